The minimum Gasteiger partial charge on any atom is -0.352 e. The standard InChI is InChI=1S/C15H17N3OS2/c1-8-4-6-20-12(8)13-16-14(19)11-9-3-5-18(2)7-10(9)21-15(11)17-13/h4,6,13,17H,3,5,7H2,1-2H3,(H,16,19)/t13-/m0/s1. The van der Waals surface area contributed by atoms with E-state index in [0.29, 0.717) is 0 Å². The second kappa shape index (κ2) is 4.83. The molecule has 1 amide bonds. The van der Waals surface area contributed by atoms with Crippen molar-refractivity contribution in [2.24, 2.45) is 0 Å². The fourth-order valence-electron chi connectivity index (χ4n) is 3.05. The molecule has 0 saturated carbocycles. The van der Waals surface area contributed by atoms with Crippen molar-refractivity contribution in [2.75, 3.05) is 18.9 Å². The lowest BCUT2D eigenvalue weighted by molar-refractivity contribution is 0.0935. The van der Waals surface area contributed by atoms with Crippen LogP contribution in [0.1, 0.15) is 37.4 Å². The van der Waals surface area contributed by atoms with Crippen molar-refractivity contribution < 1.29 is 4.79 Å². The monoisotopic (exact) mass is 319 g/mol. The largest absolute Gasteiger partial charge is 0.352 e. The number of rotatable bonds is 1. The van der Waals surface area contributed by atoms with Crippen molar-refractivity contribution in [1.82, 2.24) is 10.2 Å². The molecule has 2 aromatic heterocycles. The molecule has 110 valence electrons. The summed E-state index contributed by atoms with van der Waals surface area (Å²) < 4.78 is 0. The Morgan fingerprint density at radius 2 is 2.24 bits per heavy atom. The van der Waals surface area contributed by atoms with Crippen molar-refractivity contribution in [1.29, 1.82) is 0 Å². The van der Waals surface area contributed by atoms with E-state index in [1.807, 2.05) is 0 Å². The summed E-state index contributed by atoms with van der Waals surface area (Å²) in [6.45, 7) is 4.06. The van der Waals surface area contributed by atoms with Gasteiger partial charge in [-0.05, 0) is 43.0 Å². The number of amides is 1. The molecule has 4 rings (SSSR count). The second-order valence-corrected chi connectivity index (χ2v) is 7.77. The van der Waals surface area contributed by atoms with Gasteiger partial charge in [0.15, 0.2) is 0 Å². The maximum atomic E-state index is 12.6. The summed E-state index contributed by atoms with van der Waals surface area (Å²) in [6, 6.07) is 2.09. The topological polar surface area (TPSA) is 44.4 Å². The second-order valence-electron chi connectivity index (χ2n) is 5.71. The van der Waals surface area contributed by atoms with Gasteiger partial charge in [0, 0.05) is 22.8 Å². The Bertz CT molecular complexity index is 719. The predicted octanol–water partition coefficient (Wildman–Crippen LogP) is 2.96. The molecule has 0 saturated heterocycles. The number of fused-ring (bicyclic) bond motifs is 3. The average molecular weight is 319 g/mol. The Hall–Kier alpha value is -1.37. The van der Waals surface area contributed by atoms with Crippen molar-refractivity contribution in [3.63, 3.8) is 0 Å². The Balaban J connectivity index is 1.73. The third-order valence-electron chi connectivity index (χ3n) is 4.19. The Labute approximate surface area is 131 Å². The number of likely N-dealkylation sites (N-methyl/N-ethyl adjacent to an activating group) is 1. The van der Waals surface area contributed by atoms with E-state index in [0.717, 1.165) is 30.1 Å². The molecule has 0 aliphatic carbocycles. The summed E-state index contributed by atoms with van der Waals surface area (Å²) in [6.07, 6.45) is 0.873. The van der Waals surface area contributed by atoms with Gasteiger partial charge in [-0.25, -0.2) is 0 Å². The van der Waals surface area contributed by atoms with Gasteiger partial charge in [-0.3, -0.25) is 4.79 Å². The number of hydrogen-bond donors (Lipinski definition) is 2. The molecule has 2 aliphatic rings. The Morgan fingerprint density at radius 3 is 3.00 bits per heavy atom. The number of aryl methyl sites for hydroxylation is 1. The summed E-state index contributed by atoms with van der Waals surface area (Å²) in [7, 11) is 2.13. The lowest BCUT2D eigenvalue weighted by Gasteiger charge is -2.27. The zero-order valence-corrected chi connectivity index (χ0v) is 13.7. The van der Waals surface area contributed by atoms with Crippen molar-refractivity contribution in [2.45, 2.75) is 26.1 Å². The summed E-state index contributed by atoms with van der Waals surface area (Å²) in [5.74, 6) is 0.0728. The van der Waals surface area contributed by atoms with E-state index in [2.05, 4.69) is 41.0 Å². The van der Waals surface area contributed by atoms with Gasteiger partial charge in [0.05, 0.1) is 5.56 Å². The van der Waals surface area contributed by atoms with E-state index >= 15 is 0 Å². The SMILES string of the molecule is Cc1ccsc1[C@H]1NC(=O)c2c(sc3c2CCN(C)C3)N1. The van der Waals surface area contributed by atoms with Crippen LogP contribution in [0.2, 0.25) is 0 Å². The third-order valence-corrected chi connectivity index (χ3v) is 6.42. The molecule has 2 aromatic rings. The van der Waals surface area contributed by atoms with Gasteiger partial charge in [0.25, 0.3) is 5.91 Å². The number of anilines is 1. The molecule has 0 spiro atoms. The first kappa shape index (κ1) is 13.3. The molecule has 0 aromatic carbocycles. The van der Waals surface area contributed by atoms with Gasteiger partial charge < -0.3 is 15.5 Å². The van der Waals surface area contributed by atoms with Crippen LogP contribution in [0.15, 0.2) is 11.4 Å². The van der Waals surface area contributed by atoms with Gasteiger partial charge in [-0.2, -0.15) is 0 Å². The maximum absolute atomic E-state index is 12.6. The van der Waals surface area contributed by atoms with E-state index in [-0.39, 0.29) is 12.1 Å². The molecule has 4 nitrogen and oxygen atoms in total. The van der Waals surface area contributed by atoms with Gasteiger partial charge in [0.2, 0.25) is 0 Å². The van der Waals surface area contributed by atoms with Crippen molar-refractivity contribution in [3.8, 4) is 0 Å². The summed E-state index contributed by atoms with van der Waals surface area (Å²) in [5.41, 5.74) is 3.36. The molecular weight excluding hydrogens is 302 g/mol. The van der Waals surface area contributed by atoms with Crippen molar-refractivity contribution >= 4 is 33.6 Å². The zero-order chi connectivity index (χ0) is 14.6. The van der Waals surface area contributed by atoms with Crippen LogP contribution < -0.4 is 10.6 Å². The number of hydrogen-bond acceptors (Lipinski definition) is 5. The smallest absolute Gasteiger partial charge is 0.256 e. The van der Waals surface area contributed by atoms with Gasteiger partial charge >= 0.3 is 0 Å². The first-order valence-electron chi connectivity index (χ1n) is 7.08. The molecule has 0 fully saturated rings. The summed E-state index contributed by atoms with van der Waals surface area (Å²) in [5, 5.41) is 9.75. The molecule has 6 heteroatoms. The third kappa shape index (κ3) is 2.09. The van der Waals surface area contributed by atoms with Crippen LogP contribution in [-0.4, -0.2) is 24.4 Å². The fraction of sp³-hybridized carbons (Fsp3) is 0.400. The van der Waals surface area contributed by atoms with Crippen LogP contribution in [0.25, 0.3) is 0 Å². The highest BCUT2D eigenvalue weighted by atomic mass is 32.1. The minimum absolute atomic E-state index is 0.0728. The number of nitrogens with one attached hydrogen (secondary N) is 2. The number of carbonyl (C=O) groups is 1. The van der Waals surface area contributed by atoms with Gasteiger partial charge in [0.1, 0.15) is 11.2 Å². The van der Waals surface area contributed by atoms with Crippen LogP contribution in [0.4, 0.5) is 5.00 Å². The molecule has 21 heavy (non-hydrogen) atoms. The molecular formula is C15H17N3OS2. The van der Waals surface area contributed by atoms with E-state index in [4.69, 9.17) is 0 Å². The fourth-order valence-corrected chi connectivity index (χ4v) is 5.33. The normalized spacial score (nSPS) is 21.4. The number of thiophene rings is 2. The highest BCUT2D eigenvalue weighted by Gasteiger charge is 2.33. The van der Waals surface area contributed by atoms with Gasteiger partial charge in [-0.15, -0.1) is 22.7 Å². The molecule has 0 bridgehead atoms. The molecule has 4 heterocycles. The predicted molar refractivity (Wildman–Crippen MR) is 87.2 cm³/mol. The van der Waals surface area contributed by atoms with E-state index in [9.17, 15) is 4.79 Å². The first-order chi connectivity index (χ1) is 10.1. The molecule has 0 radical (unpaired) electrons. The minimum atomic E-state index is -0.0946. The average Bonchev–Trinajstić information content (AvgIpc) is 3.01. The molecule has 2 N–H and O–H groups in total. The quantitative estimate of drug-likeness (QED) is 0.849. The van der Waals surface area contributed by atoms with Crippen molar-refractivity contribution in [3.05, 3.63) is 37.9 Å². The summed E-state index contributed by atoms with van der Waals surface area (Å²) in [4.78, 5) is 17.4. The Morgan fingerprint density at radius 1 is 1.38 bits per heavy atom. The van der Waals surface area contributed by atoms with Crippen LogP contribution in [0, 0.1) is 6.92 Å². The lowest BCUT2D eigenvalue weighted by Crippen LogP contribution is -2.38. The van der Waals surface area contributed by atoms with E-state index < -0.39 is 0 Å². The van der Waals surface area contributed by atoms with Gasteiger partial charge in [-0.1, -0.05) is 0 Å². The maximum Gasteiger partial charge on any atom is 0.256 e. The van der Waals surface area contributed by atoms with Crippen LogP contribution in [-0.2, 0) is 13.0 Å². The number of nitrogens with zero attached hydrogens (tertiary/aromatic N) is 1. The molecule has 2 aliphatic heterocycles. The first-order valence-corrected chi connectivity index (χ1v) is 8.77. The van der Waals surface area contributed by atoms with Crippen LogP contribution in [0.5, 0.6) is 0 Å². The van der Waals surface area contributed by atoms with Crippen LogP contribution >= 0.6 is 22.7 Å². The van der Waals surface area contributed by atoms with Crippen LogP contribution in [0.3, 0.4) is 0 Å². The highest BCUT2D eigenvalue weighted by molar-refractivity contribution is 7.16. The number of carbonyl (C=O) groups excluding carboxylic acids is 1. The molecule has 0 unspecified atom stereocenters. The van der Waals surface area contributed by atoms with E-state index in [1.54, 1.807) is 22.7 Å². The lowest BCUT2D eigenvalue weighted by atomic mass is 10.0. The highest BCUT2D eigenvalue weighted by Crippen LogP contribution is 2.41. The van der Waals surface area contributed by atoms with E-state index in [1.165, 1.54) is 20.9 Å². The zero-order valence-electron chi connectivity index (χ0n) is 12.0. The molecule has 1 atom stereocenters. The Kier molecular flexibility index (Phi) is 3.06. The summed E-state index contributed by atoms with van der Waals surface area (Å²) >= 11 is 3.43.